The fraction of sp³-hybridized carbons (Fsp3) is 0.250. The Labute approximate surface area is 161 Å². The predicted octanol–water partition coefficient (Wildman–Crippen LogP) is 4.78. The van der Waals surface area contributed by atoms with E-state index in [0.717, 1.165) is 37.7 Å². The van der Waals surface area contributed by atoms with Crippen molar-refractivity contribution in [2.75, 3.05) is 26.2 Å². The van der Waals surface area contributed by atoms with Crippen molar-refractivity contribution in [1.82, 2.24) is 10.2 Å². The van der Waals surface area contributed by atoms with E-state index in [4.69, 9.17) is 4.74 Å². The van der Waals surface area contributed by atoms with Crippen molar-refractivity contribution < 1.29 is 4.74 Å². The molecule has 4 rings (SSSR count). The van der Waals surface area contributed by atoms with E-state index in [9.17, 15) is 0 Å². The minimum Gasteiger partial charge on any atom is -0.457 e. The van der Waals surface area contributed by atoms with Gasteiger partial charge in [0, 0.05) is 26.2 Å². The molecule has 0 amide bonds. The molecule has 1 heterocycles. The van der Waals surface area contributed by atoms with Crippen molar-refractivity contribution in [2.45, 2.75) is 13.0 Å². The average Bonchev–Trinajstić information content (AvgIpc) is 2.73. The molecule has 3 nitrogen and oxygen atoms in total. The van der Waals surface area contributed by atoms with Crippen LogP contribution in [0.4, 0.5) is 0 Å². The van der Waals surface area contributed by atoms with Crippen molar-refractivity contribution in [3.05, 3.63) is 95.6 Å². The minimum atomic E-state index is 0.276. The fourth-order valence-corrected chi connectivity index (χ4v) is 3.65. The summed E-state index contributed by atoms with van der Waals surface area (Å²) in [6, 6.07) is 27.7. The van der Waals surface area contributed by atoms with Gasteiger partial charge in [0.15, 0.2) is 0 Å². The Kier molecular flexibility index (Phi) is 5.52. The monoisotopic (exact) mass is 358 g/mol. The lowest BCUT2D eigenvalue weighted by atomic mass is 9.95. The standard InChI is InChI=1S/C24H26N2O/c1-19-7-9-20(10-8-19)24(26-17-15-25-16-18-26)21-11-13-23(14-12-21)27-22-5-3-2-4-6-22/h2-14,24-25H,15-18H2,1H3. The number of piperazine rings is 1. The number of para-hydroxylation sites is 1. The summed E-state index contributed by atoms with van der Waals surface area (Å²) in [6.07, 6.45) is 0. The van der Waals surface area contributed by atoms with E-state index in [1.54, 1.807) is 0 Å². The normalized spacial score (nSPS) is 16.0. The molecular weight excluding hydrogens is 332 g/mol. The molecule has 0 bridgehead atoms. The topological polar surface area (TPSA) is 24.5 Å². The fourth-order valence-electron chi connectivity index (χ4n) is 3.65. The van der Waals surface area contributed by atoms with Gasteiger partial charge in [0.05, 0.1) is 6.04 Å². The maximum atomic E-state index is 5.96. The zero-order valence-corrected chi connectivity index (χ0v) is 15.8. The summed E-state index contributed by atoms with van der Waals surface area (Å²) in [5.74, 6) is 1.73. The van der Waals surface area contributed by atoms with Gasteiger partial charge in [-0.2, -0.15) is 0 Å². The zero-order valence-electron chi connectivity index (χ0n) is 15.8. The first-order valence-corrected chi connectivity index (χ1v) is 9.64. The Bertz CT molecular complexity index is 838. The minimum absolute atomic E-state index is 0.276. The Morgan fingerprint density at radius 1 is 0.741 bits per heavy atom. The molecule has 1 atom stereocenters. The smallest absolute Gasteiger partial charge is 0.127 e. The summed E-state index contributed by atoms with van der Waals surface area (Å²) < 4.78 is 5.96. The molecule has 3 heteroatoms. The van der Waals surface area contributed by atoms with Crippen LogP contribution in [0.25, 0.3) is 0 Å². The lowest BCUT2D eigenvalue weighted by molar-refractivity contribution is 0.198. The second-order valence-electron chi connectivity index (χ2n) is 7.08. The van der Waals surface area contributed by atoms with Gasteiger partial charge in [-0.1, -0.05) is 60.2 Å². The molecule has 0 radical (unpaired) electrons. The Balaban J connectivity index is 1.60. The number of nitrogens with one attached hydrogen (secondary N) is 1. The summed E-state index contributed by atoms with van der Waals surface area (Å²) in [7, 11) is 0. The van der Waals surface area contributed by atoms with E-state index >= 15 is 0 Å². The first kappa shape index (κ1) is 17.8. The summed E-state index contributed by atoms with van der Waals surface area (Å²) in [4.78, 5) is 2.56. The molecule has 1 N–H and O–H groups in total. The van der Waals surface area contributed by atoms with Crippen molar-refractivity contribution in [2.24, 2.45) is 0 Å². The Morgan fingerprint density at radius 2 is 1.30 bits per heavy atom. The number of rotatable bonds is 5. The van der Waals surface area contributed by atoms with Crippen LogP contribution in [-0.2, 0) is 0 Å². The predicted molar refractivity (Wildman–Crippen MR) is 110 cm³/mol. The molecule has 3 aromatic rings. The van der Waals surface area contributed by atoms with Gasteiger partial charge in [-0.3, -0.25) is 4.90 Å². The highest BCUT2D eigenvalue weighted by atomic mass is 16.5. The van der Waals surface area contributed by atoms with Crippen LogP contribution in [-0.4, -0.2) is 31.1 Å². The second-order valence-corrected chi connectivity index (χ2v) is 7.08. The number of nitrogens with zero attached hydrogens (tertiary/aromatic N) is 1. The Hall–Kier alpha value is -2.62. The number of benzene rings is 3. The van der Waals surface area contributed by atoms with Gasteiger partial charge in [0.2, 0.25) is 0 Å². The number of hydrogen-bond donors (Lipinski definition) is 1. The van der Waals surface area contributed by atoms with Gasteiger partial charge in [-0.15, -0.1) is 0 Å². The summed E-state index contributed by atoms with van der Waals surface area (Å²) in [6.45, 7) is 6.33. The van der Waals surface area contributed by atoms with Crippen LogP contribution in [0.2, 0.25) is 0 Å². The highest BCUT2D eigenvalue weighted by molar-refractivity contribution is 5.38. The molecule has 0 aromatic heterocycles. The number of aryl methyl sites for hydroxylation is 1. The summed E-state index contributed by atoms with van der Waals surface area (Å²) >= 11 is 0. The van der Waals surface area contributed by atoms with Crippen LogP contribution in [0.1, 0.15) is 22.7 Å². The summed E-state index contributed by atoms with van der Waals surface area (Å²) in [5, 5.41) is 3.46. The van der Waals surface area contributed by atoms with Gasteiger partial charge in [0.1, 0.15) is 11.5 Å². The van der Waals surface area contributed by atoms with Crippen LogP contribution >= 0.6 is 0 Å². The molecule has 0 spiro atoms. The van der Waals surface area contributed by atoms with Crippen molar-refractivity contribution >= 4 is 0 Å². The van der Waals surface area contributed by atoms with E-state index in [2.05, 4.69) is 65.7 Å². The third kappa shape index (κ3) is 4.38. The number of hydrogen-bond acceptors (Lipinski definition) is 3. The van der Waals surface area contributed by atoms with Crippen molar-refractivity contribution in [1.29, 1.82) is 0 Å². The number of ether oxygens (including phenoxy) is 1. The van der Waals surface area contributed by atoms with Crippen LogP contribution in [0, 0.1) is 6.92 Å². The quantitative estimate of drug-likeness (QED) is 0.710. The van der Waals surface area contributed by atoms with E-state index in [-0.39, 0.29) is 6.04 Å². The molecule has 1 saturated heterocycles. The summed E-state index contributed by atoms with van der Waals surface area (Å²) in [5.41, 5.74) is 3.95. The molecule has 1 unspecified atom stereocenters. The van der Waals surface area contributed by atoms with Crippen molar-refractivity contribution in [3.63, 3.8) is 0 Å². The molecule has 0 aliphatic carbocycles. The first-order valence-electron chi connectivity index (χ1n) is 9.64. The molecule has 3 aromatic carbocycles. The largest absolute Gasteiger partial charge is 0.457 e. The van der Waals surface area contributed by atoms with E-state index < -0.39 is 0 Å². The third-order valence-electron chi connectivity index (χ3n) is 5.08. The van der Waals surface area contributed by atoms with Gasteiger partial charge < -0.3 is 10.1 Å². The lowest BCUT2D eigenvalue weighted by Crippen LogP contribution is -2.45. The van der Waals surface area contributed by atoms with Gasteiger partial charge >= 0.3 is 0 Å². The average molecular weight is 358 g/mol. The molecule has 1 fully saturated rings. The van der Waals surface area contributed by atoms with Crippen LogP contribution in [0.15, 0.2) is 78.9 Å². The van der Waals surface area contributed by atoms with Crippen LogP contribution in [0.5, 0.6) is 11.5 Å². The van der Waals surface area contributed by atoms with Crippen molar-refractivity contribution in [3.8, 4) is 11.5 Å². The first-order chi connectivity index (χ1) is 13.3. The van der Waals surface area contributed by atoms with Crippen LogP contribution < -0.4 is 10.1 Å². The highest BCUT2D eigenvalue weighted by Crippen LogP contribution is 2.31. The molecular formula is C24H26N2O. The van der Waals surface area contributed by atoms with Crippen LogP contribution in [0.3, 0.4) is 0 Å². The molecule has 138 valence electrons. The lowest BCUT2D eigenvalue weighted by Gasteiger charge is -2.35. The Morgan fingerprint density at radius 3 is 1.93 bits per heavy atom. The highest BCUT2D eigenvalue weighted by Gasteiger charge is 2.23. The van der Waals surface area contributed by atoms with Gasteiger partial charge in [-0.25, -0.2) is 0 Å². The van der Waals surface area contributed by atoms with Gasteiger partial charge in [0.25, 0.3) is 0 Å². The molecule has 1 aliphatic heterocycles. The zero-order chi connectivity index (χ0) is 18.5. The van der Waals surface area contributed by atoms with E-state index in [1.165, 1.54) is 16.7 Å². The molecule has 1 aliphatic rings. The van der Waals surface area contributed by atoms with E-state index in [0.29, 0.717) is 0 Å². The second kappa shape index (κ2) is 8.38. The van der Waals surface area contributed by atoms with E-state index in [1.807, 2.05) is 30.3 Å². The SMILES string of the molecule is Cc1ccc(C(c2ccc(Oc3ccccc3)cc2)N2CCNCC2)cc1. The molecule has 27 heavy (non-hydrogen) atoms. The maximum Gasteiger partial charge on any atom is 0.127 e. The molecule has 0 saturated carbocycles. The van der Waals surface area contributed by atoms with Gasteiger partial charge in [-0.05, 0) is 42.3 Å². The maximum absolute atomic E-state index is 5.96. The third-order valence-corrected chi connectivity index (χ3v) is 5.08.